The lowest BCUT2D eigenvalue weighted by molar-refractivity contribution is -0.117. The van der Waals surface area contributed by atoms with Crippen LogP contribution in [0.2, 0.25) is 0 Å². The van der Waals surface area contributed by atoms with Gasteiger partial charge in [-0.05, 0) is 36.6 Å². The molecule has 156 valence electrons. The van der Waals surface area contributed by atoms with E-state index in [0.717, 1.165) is 75.0 Å². The summed E-state index contributed by atoms with van der Waals surface area (Å²) in [6, 6.07) is 5.34. The molecule has 0 spiro atoms. The van der Waals surface area contributed by atoms with Crippen LogP contribution in [0.25, 0.3) is 0 Å². The molecule has 2 aromatic heterocycles. The molecule has 30 heavy (non-hydrogen) atoms. The maximum atomic E-state index is 12.3. The van der Waals surface area contributed by atoms with E-state index in [-0.39, 0.29) is 17.5 Å². The Bertz CT molecular complexity index is 971. The van der Waals surface area contributed by atoms with Crippen molar-refractivity contribution >= 4 is 29.2 Å². The number of nitrogens with zero attached hydrogens (tertiary/aromatic N) is 5. The minimum absolute atomic E-state index is 0.0675. The molecule has 1 atom stereocenters. The van der Waals surface area contributed by atoms with Crippen LogP contribution < -0.4 is 15.1 Å². The normalized spacial score (nSPS) is 21.2. The summed E-state index contributed by atoms with van der Waals surface area (Å²) in [7, 11) is 0. The van der Waals surface area contributed by atoms with Crippen LogP contribution in [0, 0.1) is 0 Å². The summed E-state index contributed by atoms with van der Waals surface area (Å²) in [5.41, 5.74) is 2.10. The SMILES string of the molecule is O=C(O)c1ccc(N2CCN(Cc3cnc4c(c3)NC(=O)[C@@H]3CCCN43)CC2)nc1. The molecule has 0 aliphatic carbocycles. The Morgan fingerprint density at radius 3 is 2.70 bits per heavy atom. The number of carboxylic acids is 1. The molecule has 2 aromatic rings. The van der Waals surface area contributed by atoms with Crippen LogP contribution in [-0.2, 0) is 11.3 Å². The van der Waals surface area contributed by atoms with E-state index in [4.69, 9.17) is 5.11 Å². The third-order valence-corrected chi connectivity index (χ3v) is 6.11. The summed E-state index contributed by atoms with van der Waals surface area (Å²) in [5, 5.41) is 12.0. The first-order valence-electron chi connectivity index (χ1n) is 10.3. The standard InChI is InChI=1S/C21H24N6O3/c28-20-17-2-1-5-27(17)19-16(24-20)10-14(11-23-19)13-25-6-8-26(9-7-25)18-4-3-15(12-22-18)21(29)30/h3-4,10-12,17H,1-2,5-9,13H2,(H,24,28)(H,29,30)/t17-/m0/s1. The maximum absolute atomic E-state index is 12.3. The first-order chi connectivity index (χ1) is 14.6. The minimum Gasteiger partial charge on any atom is -0.478 e. The molecule has 0 aromatic carbocycles. The van der Waals surface area contributed by atoms with Crippen LogP contribution in [0.1, 0.15) is 28.8 Å². The van der Waals surface area contributed by atoms with Gasteiger partial charge in [-0.2, -0.15) is 0 Å². The number of anilines is 3. The zero-order valence-electron chi connectivity index (χ0n) is 16.6. The molecule has 3 aliphatic heterocycles. The molecule has 2 N–H and O–H groups in total. The van der Waals surface area contributed by atoms with E-state index in [9.17, 15) is 9.59 Å². The smallest absolute Gasteiger partial charge is 0.337 e. The van der Waals surface area contributed by atoms with Gasteiger partial charge < -0.3 is 20.2 Å². The molecule has 0 unspecified atom stereocenters. The average molecular weight is 408 g/mol. The summed E-state index contributed by atoms with van der Waals surface area (Å²) in [6.45, 7) is 5.06. The largest absolute Gasteiger partial charge is 0.478 e. The highest BCUT2D eigenvalue weighted by Gasteiger charge is 2.37. The van der Waals surface area contributed by atoms with E-state index in [1.165, 1.54) is 6.20 Å². The Kier molecular flexibility index (Phi) is 4.74. The van der Waals surface area contributed by atoms with Gasteiger partial charge in [0.15, 0.2) is 5.82 Å². The van der Waals surface area contributed by atoms with Gasteiger partial charge in [0.2, 0.25) is 5.91 Å². The molecule has 3 aliphatic rings. The van der Waals surface area contributed by atoms with Crippen molar-refractivity contribution in [2.75, 3.05) is 47.8 Å². The van der Waals surface area contributed by atoms with Gasteiger partial charge >= 0.3 is 5.97 Å². The second-order valence-electron chi connectivity index (χ2n) is 8.03. The Morgan fingerprint density at radius 2 is 1.97 bits per heavy atom. The highest BCUT2D eigenvalue weighted by molar-refractivity contribution is 6.03. The van der Waals surface area contributed by atoms with Gasteiger partial charge in [-0.3, -0.25) is 9.69 Å². The summed E-state index contributed by atoms with van der Waals surface area (Å²) < 4.78 is 0. The number of carbonyl (C=O) groups is 2. The van der Waals surface area contributed by atoms with Crippen LogP contribution in [0.15, 0.2) is 30.6 Å². The number of fused-ring (bicyclic) bond motifs is 3. The number of piperazine rings is 1. The lowest BCUT2D eigenvalue weighted by atomic mass is 10.1. The predicted octanol–water partition coefficient (Wildman–Crippen LogP) is 1.42. The van der Waals surface area contributed by atoms with Crippen LogP contribution in [0.3, 0.4) is 0 Å². The highest BCUT2D eigenvalue weighted by Crippen LogP contribution is 2.35. The van der Waals surface area contributed by atoms with E-state index >= 15 is 0 Å². The number of hydrogen-bond acceptors (Lipinski definition) is 7. The van der Waals surface area contributed by atoms with E-state index in [1.807, 2.05) is 12.3 Å². The topological polar surface area (TPSA) is 102 Å². The molecule has 0 saturated carbocycles. The predicted molar refractivity (Wildman–Crippen MR) is 112 cm³/mol. The summed E-state index contributed by atoms with van der Waals surface area (Å²) in [4.78, 5) is 38.9. The Balaban J connectivity index is 1.21. The van der Waals surface area contributed by atoms with E-state index in [1.54, 1.807) is 12.1 Å². The molecular weight excluding hydrogens is 384 g/mol. The Hall–Kier alpha value is -3.20. The Morgan fingerprint density at radius 1 is 1.13 bits per heavy atom. The number of nitrogens with one attached hydrogen (secondary N) is 1. The second-order valence-corrected chi connectivity index (χ2v) is 8.03. The lowest BCUT2D eigenvalue weighted by Crippen LogP contribution is -2.46. The number of hydrogen-bond donors (Lipinski definition) is 2. The molecule has 9 nitrogen and oxygen atoms in total. The molecule has 9 heteroatoms. The van der Waals surface area contributed by atoms with Crippen LogP contribution in [0.5, 0.6) is 0 Å². The van der Waals surface area contributed by atoms with Crippen LogP contribution in [0.4, 0.5) is 17.3 Å². The molecule has 2 saturated heterocycles. The molecule has 0 radical (unpaired) electrons. The van der Waals surface area contributed by atoms with Gasteiger partial charge in [0.25, 0.3) is 0 Å². The van der Waals surface area contributed by atoms with Gasteiger partial charge in [-0.25, -0.2) is 14.8 Å². The lowest BCUT2D eigenvalue weighted by Gasteiger charge is -2.36. The average Bonchev–Trinajstić information content (AvgIpc) is 3.25. The first-order valence-corrected chi connectivity index (χ1v) is 10.3. The van der Waals surface area contributed by atoms with Crippen molar-refractivity contribution < 1.29 is 14.7 Å². The number of carbonyl (C=O) groups excluding carboxylic acids is 1. The van der Waals surface area contributed by atoms with Gasteiger partial charge in [-0.1, -0.05) is 0 Å². The zero-order chi connectivity index (χ0) is 20.7. The maximum Gasteiger partial charge on any atom is 0.337 e. The van der Waals surface area contributed by atoms with Crippen LogP contribution >= 0.6 is 0 Å². The molecule has 0 bridgehead atoms. The summed E-state index contributed by atoms with van der Waals surface area (Å²) in [5.74, 6) is 0.808. The number of amides is 1. The van der Waals surface area contributed by atoms with Gasteiger partial charge in [-0.15, -0.1) is 0 Å². The molecule has 2 fully saturated rings. The van der Waals surface area contributed by atoms with Crippen molar-refractivity contribution in [3.63, 3.8) is 0 Å². The summed E-state index contributed by atoms with van der Waals surface area (Å²) >= 11 is 0. The van der Waals surface area contributed by atoms with Crippen molar-refractivity contribution in [2.24, 2.45) is 0 Å². The van der Waals surface area contributed by atoms with Crippen molar-refractivity contribution in [1.82, 2.24) is 14.9 Å². The van der Waals surface area contributed by atoms with Crippen molar-refractivity contribution in [1.29, 1.82) is 0 Å². The van der Waals surface area contributed by atoms with E-state index < -0.39 is 5.97 Å². The van der Waals surface area contributed by atoms with E-state index in [0.29, 0.717) is 0 Å². The number of rotatable bonds is 4. The van der Waals surface area contributed by atoms with E-state index in [2.05, 4.69) is 30.0 Å². The van der Waals surface area contributed by atoms with Crippen molar-refractivity contribution in [3.05, 3.63) is 41.7 Å². The molecule has 5 heterocycles. The number of carboxylic acid groups (broad SMARTS) is 1. The fourth-order valence-electron chi connectivity index (χ4n) is 4.51. The van der Waals surface area contributed by atoms with Gasteiger partial charge in [0, 0.05) is 51.7 Å². The molecule has 1 amide bonds. The number of aromatic carboxylic acids is 1. The third-order valence-electron chi connectivity index (χ3n) is 6.11. The quantitative estimate of drug-likeness (QED) is 0.783. The fourth-order valence-corrected chi connectivity index (χ4v) is 4.51. The van der Waals surface area contributed by atoms with Crippen LogP contribution in [-0.4, -0.2) is 70.6 Å². The minimum atomic E-state index is -0.964. The highest BCUT2D eigenvalue weighted by atomic mass is 16.4. The monoisotopic (exact) mass is 408 g/mol. The number of pyridine rings is 2. The van der Waals surface area contributed by atoms with Crippen molar-refractivity contribution in [3.8, 4) is 0 Å². The summed E-state index contributed by atoms with van der Waals surface area (Å²) in [6.07, 6.45) is 5.25. The molecule has 5 rings (SSSR count). The zero-order valence-corrected chi connectivity index (χ0v) is 16.6. The Labute approximate surface area is 174 Å². The second kappa shape index (κ2) is 7.56. The van der Waals surface area contributed by atoms with Gasteiger partial charge in [0.05, 0.1) is 11.3 Å². The van der Waals surface area contributed by atoms with Gasteiger partial charge in [0.1, 0.15) is 11.9 Å². The van der Waals surface area contributed by atoms with Crippen molar-refractivity contribution in [2.45, 2.75) is 25.4 Å². The molecular formula is C21H24N6O3. The first kappa shape index (κ1) is 18.8. The number of aromatic nitrogens is 2. The third kappa shape index (κ3) is 3.45. The fraction of sp³-hybridized carbons (Fsp3) is 0.429.